The van der Waals surface area contributed by atoms with Crippen molar-refractivity contribution < 1.29 is 13.9 Å². The number of aliphatic hydroxyl groups is 1. The first kappa shape index (κ1) is 12.0. The van der Waals surface area contributed by atoms with E-state index < -0.39 is 17.7 Å². The topological polar surface area (TPSA) is 20.2 Å². The van der Waals surface area contributed by atoms with Crippen LogP contribution in [0.25, 0.3) is 0 Å². The van der Waals surface area contributed by atoms with E-state index in [9.17, 15) is 13.9 Å². The van der Waals surface area contributed by atoms with Crippen molar-refractivity contribution in [3.05, 3.63) is 70.2 Å². The molecule has 88 valence electrons. The molecule has 1 nitrogen and oxygen atoms in total. The second kappa shape index (κ2) is 4.82. The van der Waals surface area contributed by atoms with Gasteiger partial charge in [-0.2, -0.15) is 0 Å². The number of rotatable bonds is 2. The van der Waals surface area contributed by atoms with Gasteiger partial charge in [-0.3, -0.25) is 0 Å². The lowest BCUT2D eigenvalue weighted by Crippen LogP contribution is -2.05. The second-order valence-corrected chi connectivity index (χ2v) is 4.03. The molecular formula is C13H9ClF2O. The molecule has 0 amide bonds. The normalized spacial score (nSPS) is 12.5. The molecule has 1 unspecified atom stereocenters. The van der Waals surface area contributed by atoms with E-state index >= 15 is 0 Å². The average Bonchev–Trinajstić information content (AvgIpc) is 2.29. The smallest absolute Gasteiger partial charge is 0.132 e. The minimum Gasteiger partial charge on any atom is -0.383 e. The molecule has 0 saturated carbocycles. The van der Waals surface area contributed by atoms with Gasteiger partial charge in [-0.15, -0.1) is 0 Å². The first-order chi connectivity index (χ1) is 8.09. The van der Waals surface area contributed by atoms with E-state index in [-0.39, 0.29) is 5.56 Å². The Kier molecular flexibility index (Phi) is 3.41. The molecule has 0 aliphatic carbocycles. The Morgan fingerprint density at radius 2 is 1.47 bits per heavy atom. The largest absolute Gasteiger partial charge is 0.383 e. The summed E-state index contributed by atoms with van der Waals surface area (Å²) < 4.78 is 26.9. The minimum atomic E-state index is -1.34. The Labute approximate surface area is 102 Å². The van der Waals surface area contributed by atoms with Crippen molar-refractivity contribution in [2.75, 3.05) is 0 Å². The van der Waals surface area contributed by atoms with Crippen LogP contribution in [0.5, 0.6) is 0 Å². The Bertz CT molecular complexity index is 505. The second-order valence-electron chi connectivity index (χ2n) is 3.59. The molecule has 0 aliphatic rings. The maximum atomic E-state index is 13.4. The highest BCUT2D eigenvalue weighted by Gasteiger charge is 2.19. The highest BCUT2D eigenvalue weighted by Crippen LogP contribution is 2.27. The van der Waals surface area contributed by atoms with Gasteiger partial charge in [0.05, 0.1) is 5.56 Å². The van der Waals surface area contributed by atoms with E-state index in [0.29, 0.717) is 10.6 Å². The van der Waals surface area contributed by atoms with Crippen molar-refractivity contribution in [1.82, 2.24) is 0 Å². The zero-order valence-electron chi connectivity index (χ0n) is 8.70. The van der Waals surface area contributed by atoms with Gasteiger partial charge in [0, 0.05) is 5.02 Å². The van der Waals surface area contributed by atoms with Crippen LogP contribution in [-0.4, -0.2) is 5.11 Å². The summed E-state index contributed by atoms with van der Waals surface area (Å²) in [5.41, 5.74) is 0.0354. The molecule has 2 aromatic carbocycles. The van der Waals surface area contributed by atoms with Gasteiger partial charge in [-0.1, -0.05) is 29.8 Å². The Morgan fingerprint density at radius 3 is 2.00 bits per heavy atom. The molecule has 1 N–H and O–H groups in total. The van der Waals surface area contributed by atoms with E-state index in [4.69, 9.17) is 11.6 Å². The van der Waals surface area contributed by atoms with Gasteiger partial charge in [0.1, 0.15) is 17.7 Å². The van der Waals surface area contributed by atoms with Crippen LogP contribution in [-0.2, 0) is 0 Å². The lowest BCUT2D eigenvalue weighted by Gasteiger charge is -2.13. The van der Waals surface area contributed by atoms with Crippen molar-refractivity contribution in [2.45, 2.75) is 6.10 Å². The summed E-state index contributed by atoms with van der Waals surface area (Å²) in [6, 6.07) is 9.63. The average molecular weight is 255 g/mol. The standard InChI is InChI=1S/C13H9ClF2O/c14-9-6-4-8(5-7-9)13(17)12-10(15)2-1-3-11(12)16/h1-7,13,17H. The highest BCUT2D eigenvalue weighted by atomic mass is 35.5. The molecular weight excluding hydrogens is 246 g/mol. The van der Waals surface area contributed by atoms with Crippen LogP contribution in [0.1, 0.15) is 17.2 Å². The van der Waals surface area contributed by atoms with Gasteiger partial charge in [-0.25, -0.2) is 8.78 Å². The van der Waals surface area contributed by atoms with Crippen molar-refractivity contribution in [3.63, 3.8) is 0 Å². The minimum absolute atomic E-state index is 0.352. The quantitative estimate of drug-likeness (QED) is 0.866. The summed E-state index contributed by atoms with van der Waals surface area (Å²) in [5.74, 6) is -1.54. The fraction of sp³-hybridized carbons (Fsp3) is 0.0769. The van der Waals surface area contributed by atoms with E-state index in [0.717, 1.165) is 12.1 Å². The van der Waals surface area contributed by atoms with Crippen LogP contribution in [0.4, 0.5) is 8.78 Å². The van der Waals surface area contributed by atoms with Crippen LogP contribution < -0.4 is 0 Å². The highest BCUT2D eigenvalue weighted by molar-refractivity contribution is 6.30. The molecule has 0 spiro atoms. The number of aliphatic hydroxyl groups excluding tert-OH is 1. The number of halogens is 3. The van der Waals surface area contributed by atoms with Gasteiger partial charge >= 0.3 is 0 Å². The fourth-order valence-electron chi connectivity index (χ4n) is 1.58. The Hall–Kier alpha value is -1.45. The fourth-order valence-corrected chi connectivity index (χ4v) is 1.71. The number of benzene rings is 2. The molecule has 4 heteroatoms. The van der Waals surface area contributed by atoms with E-state index in [1.165, 1.54) is 18.2 Å². The van der Waals surface area contributed by atoms with Gasteiger partial charge < -0.3 is 5.11 Å². The molecule has 0 bridgehead atoms. The molecule has 0 saturated heterocycles. The Morgan fingerprint density at radius 1 is 0.941 bits per heavy atom. The molecule has 0 radical (unpaired) electrons. The summed E-state index contributed by atoms with van der Waals surface area (Å²) in [7, 11) is 0. The maximum absolute atomic E-state index is 13.4. The van der Waals surface area contributed by atoms with Crippen LogP contribution in [0.3, 0.4) is 0 Å². The zero-order chi connectivity index (χ0) is 12.4. The molecule has 17 heavy (non-hydrogen) atoms. The lowest BCUT2D eigenvalue weighted by molar-refractivity contribution is 0.209. The predicted octanol–water partition coefficient (Wildman–Crippen LogP) is 3.70. The predicted molar refractivity (Wildman–Crippen MR) is 61.9 cm³/mol. The summed E-state index contributed by atoms with van der Waals surface area (Å²) >= 11 is 5.70. The summed E-state index contributed by atoms with van der Waals surface area (Å²) in [6.45, 7) is 0. The monoisotopic (exact) mass is 254 g/mol. The molecule has 0 heterocycles. The lowest BCUT2D eigenvalue weighted by atomic mass is 10.0. The van der Waals surface area contributed by atoms with Crippen LogP contribution >= 0.6 is 11.6 Å². The van der Waals surface area contributed by atoms with Crippen molar-refractivity contribution >= 4 is 11.6 Å². The molecule has 2 aromatic rings. The molecule has 0 fully saturated rings. The van der Waals surface area contributed by atoms with Gasteiger partial charge in [0.15, 0.2) is 0 Å². The third kappa shape index (κ3) is 2.46. The Balaban J connectivity index is 2.43. The third-order valence-corrected chi connectivity index (χ3v) is 2.71. The van der Waals surface area contributed by atoms with E-state index in [1.807, 2.05) is 0 Å². The maximum Gasteiger partial charge on any atom is 0.132 e. The summed E-state index contributed by atoms with van der Waals surface area (Å²) in [6.07, 6.45) is -1.34. The zero-order valence-corrected chi connectivity index (χ0v) is 9.46. The number of hydrogen-bond acceptors (Lipinski definition) is 1. The first-order valence-corrected chi connectivity index (χ1v) is 5.35. The van der Waals surface area contributed by atoms with Gasteiger partial charge in [-0.05, 0) is 29.8 Å². The van der Waals surface area contributed by atoms with Crippen LogP contribution in [0, 0.1) is 11.6 Å². The third-order valence-electron chi connectivity index (χ3n) is 2.46. The van der Waals surface area contributed by atoms with E-state index in [2.05, 4.69) is 0 Å². The molecule has 2 rings (SSSR count). The van der Waals surface area contributed by atoms with Crippen molar-refractivity contribution in [3.8, 4) is 0 Å². The van der Waals surface area contributed by atoms with E-state index in [1.54, 1.807) is 12.1 Å². The van der Waals surface area contributed by atoms with Crippen LogP contribution in [0.2, 0.25) is 5.02 Å². The van der Waals surface area contributed by atoms with Gasteiger partial charge in [0.25, 0.3) is 0 Å². The van der Waals surface area contributed by atoms with Crippen LogP contribution in [0.15, 0.2) is 42.5 Å². The summed E-state index contributed by atoms with van der Waals surface area (Å²) in [5, 5.41) is 10.4. The molecule has 0 aromatic heterocycles. The first-order valence-electron chi connectivity index (χ1n) is 4.97. The molecule has 1 atom stereocenters. The molecule has 0 aliphatic heterocycles. The SMILES string of the molecule is OC(c1ccc(Cl)cc1)c1c(F)cccc1F. The van der Waals surface area contributed by atoms with Crippen molar-refractivity contribution in [2.24, 2.45) is 0 Å². The van der Waals surface area contributed by atoms with Gasteiger partial charge in [0.2, 0.25) is 0 Å². The number of hydrogen-bond donors (Lipinski definition) is 1. The van der Waals surface area contributed by atoms with Crippen molar-refractivity contribution in [1.29, 1.82) is 0 Å². The summed E-state index contributed by atoms with van der Waals surface area (Å²) in [4.78, 5) is 0.